The molecule has 4 rings (SSSR count). The number of benzene rings is 1. The molecule has 14 heteroatoms. The fraction of sp³-hybridized carbons (Fsp3) is 0.462. The Balaban J connectivity index is 1.69. The fourth-order valence-corrected chi connectivity index (χ4v) is 5.26. The maximum Gasteiger partial charge on any atom is 0.419 e. The number of aryl methyl sites for hydroxylation is 1. The summed E-state index contributed by atoms with van der Waals surface area (Å²) >= 11 is 3.45. The number of carbonyl (C=O) groups is 2. The van der Waals surface area contributed by atoms with Gasteiger partial charge in [0.15, 0.2) is 0 Å². The van der Waals surface area contributed by atoms with Gasteiger partial charge in [-0.3, -0.25) is 5.32 Å². The van der Waals surface area contributed by atoms with Gasteiger partial charge in [-0.25, -0.2) is 19.6 Å². The number of aromatic nitrogens is 3. The lowest BCUT2D eigenvalue weighted by atomic mass is 10.0. The lowest BCUT2D eigenvalue weighted by Gasteiger charge is -2.34. The molecule has 1 atom stereocenters. The number of rotatable bonds is 4. The molecule has 2 N–H and O–H groups in total. The number of anilines is 2. The van der Waals surface area contributed by atoms with E-state index in [9.17, 15) is 22.8 Å². The number of ether oxygens (including phenoxy) is 2. The second-order valence-electron chi connectivity index (χ2n) is 10.5. The quantitative estimate of drug-likeness (QED) is 0.344. The molecule has 1 aromatic carbocycles. The number of halogens is 4. The zero-order chi connectivity index (χ0) is 29.4. The summed E-state index contributed by atoms with van der Waals surface area (Å²) in [5, 5.41) is 6.15. The molecule has 1 aliphatic rings. The lowest BCUT2D eigenvalue weighted by molar-refractivity contribution is -0.137. The molecule has 2 aromatic heterocycles. The van der Waals surface area contributed by atoms with E-state index in [1.54, 1.807) is 55.6 Å². The number of amides is 2. The summed E-state index contributed by atoms with van der Waals surface area (Å²) in [7, 11) is 2.91. The van der Waals surface area contributed by atoms with Crippen LogP contribution in [0.3, 0.4) is 0 Å². The molecule has 1 aliphatic heterocycles. The van der Waals surface area contributed by atoms with Gasteiger partial charge in [-0.05, 0) is 61.7 Å². The highest BCUT2D eigenvalue weighted by molar-refractivity contribution is 9.10. The number of alkyl halides is 3. The second-order valence-corrected chi connectivity index (χ2v) is 11.3. The molecule has 0 radical (unpaired) electrons. The van der Waals surface area contributed by atoms with Gasteiger partial charge in [0.05, 0.1) is 28.5 Å². The van der Waals surface area contributed by atoms with Gasteiger partial charge >= 0.3 is 18.4 Å². The monoisotopic (exact) mass is 626 g/mol. The Morgan fingerprint density at radius 1 is 1.20 bits per heavy atom. The Morgan fingerprint density at radius 2 is 1.93 bits per heavy atom. The predicted octanol–water partition coefficient (Wildman–Crippen LogP) is 6.41. The smallest absolute Gasteiger partial charge is 0.419 e. The number of methoxy groups -OCH3 is 1. The van der Waals surface area contributed by atoms with Crippen molar-refractivity contribution in [3.8, 4) is 11.3 Å². The van der Waals surface area contributed by atoms with Crippen molar-refractivity contribution in [3.05, 3.63) is 34.6 Å². The van der Waals surface area contributed by atoms with Crippen molar-refractivity contribution < 1.29 is 32.2 Å². The van der Waals surface area contributed by atoms with Crippen LogP contribution in [0.15, 0.2) is 29.0 Å². The maximum absolute atomic E-state index is 14.1. The first-order valence-corrected chi connectivity index (χ1v) is 13.3. The van der Waals surface area contributed by atoms with E-state index >= 15 is 0 Å². The van der Waals surface area contributed by atoms with E-state index in [-0.39, 0.29) is 23.2 Å². The summed E-state index contributed by atoms with van der Waals surface area (Å²) in [6, 6.07) is 2.89. The number of hydrogen-bond acceptors (Lipinski definition) is 7. The van der Waals surface area contributed by atoms with Crippen LogP contribution in [-0.2, 0) is 22.7 Å². The standard InChI is InChI=1S/C26H30BrF3N6O4/c1-25(2,3)40-24(38)36-10-6-7-14(12-36)32-22-31-11-17(26(28,29)30)20(34-22)16-13-35(4)21-15(16)8-9-18(19(21)27)33-23(37)39-5/h8-9,11,13-14H,6-7,10,12H2,1-5H3,(H,33,37)(H,31,32,34). The second kappa shape index (κ2) is 11.1. The highest BCUT2D eigenvalue weighted by atomic mass is 79.9. The Kier molecular flexibility index (Phi) is 8.20. The maximum atomic E-state index is 14.1. The molecule has 1 unspecified atom stereocenters. The summed E-state index contributed by atoms with van der Waals surface area (Å²) in [4.78, 5) is 34.1. The zero-order valence-corrected chi connectivity index (χ0v) is 24.2. The first-order valence-electron chi connectivity index (χ1n) is 12.5. The van der Waals surface area contributed by atoms with Crippen LogP contribution in [0.2, 0.25) is 0 Å². The Labute approximate surface area is 237 Å². The van der Waals surface area contributed by atoms with Crippen LogP contribution in [0.25, 0.3) is 22.2 Å². The van der Waals surface area contributed by atoms with E-state index in [1.165, 1.54) is 7.11 Å². The molecule has 216 valence electrons. The lowest BCUT2D eigenvalue weighted by Crippen LogP contribution is -2.47. The van der Waals surface area contributed by atoms with Crippen molar-refractivity contribution in [2.75, 3.05) is 30.8 Å². The van der Waals surface area contributed by atoms with E-state index in [0.29, 0.717) is 47.0 Å². The molecule has 3 heterocycles. The molecule has 2 amide bonds. The van der Waals surface area contributed by atoms with E-state index in [0.717, 1.165) is 6.20 Å². The SMILES string of the molecule is COC(=O)Nc1ccc2c(-c3nc(NC4CCCN(C(=O)OC(C)(C)C)C4)ncc3C(F)(F)F)cn(C)c2c1Br. The zero-order valence-electron chi connectivity index (χ0n) is 22.6. The average Bonchev–Trinajstić information content (AvgIpc) is 3.21. The molecular formula is C26H30BrF3N6O4. The van der Waals surface area contributed by atoms with Crippen molar-refractivity contribution in [1.82, 2.24) is 19.4 Å². The van der Waals surface area contributed by atoms with E-state index in [2.05, 4.69) is 41.3 Å². The molecule has 0 saturated carbocycles. The minimum Gasteiger partial charge on any atom is -0.453 e. The first-order chi connectivity index (χ1) is 18.7. The number of nitrogens with zero attached hydrogens (tertiary/aromatic N) is 4. The third-order valence-corrected chi connectivity index (χ3v) is 7.06. The van der Waals surface area contributed by atoms with E-state index in [4.69, 9.17) is 4.74 Å². The van der Waals surface area contributed by atoms with Crippen LogP contribution >= 0.6 is 15.9 Å². The van der Waals surface area contributed by atoms with Gasteiger partial charge in [-0.15, -0.1) is 0 Å². The van der Waals surface area contributed by atoms with Gasteiger partial charge in [-0.1, -0.05) is 0 Å². The molecular weight excluding hydrogens is 597 g/mol. The average molecular weight is 627 g/mol. The van der Waals surface area contributed by atoms with Gasteiger partial charge in [0.25, 0.3) is 0 Å². The molecule has 1 saturated heterocycles. The number of hydrogen-bond donors (Lipinski definition) is 2. The van der Waals surface area contributed by atoms with Crippen LogP contribution in [0.4, 0.5) is 34.4 Å². The summed E-state index contributed by atoms with van der Waals surface area (Å²) in [6.45, 7) is 6.16. The van der Waals surface area contributed by atoms with Gasteiger partial charge in [0.1, 0.15) is 11.2 Å². The minimum absolute atomic E-state index is 0.0130. The van der Waals surface area contributed by atoms with Gasteiger partial charge < -0.3 is 24.3 Å². The highest BCUT2D eigenvalue weighted by Gasteiger charge is 2.37. The Bertz CT molecular complexity index is 1440. The minimum atomic E-state index is -4.71. The Hall–Kier alpha value is -3.55. The molecule has 40 heavy (non-hydrogen) atoms. The summed E-state index contributed by atoms with van der Waals surface area (Å²) in [5.74, 6) is 0.0130. The molecule has 0 aliphatic carbocycles. The van der Waals surface area contributed by atoms with Crippen LogP contribution in [0.5, 0.6) is 0 Å². The number of likely N-dealkylation sites (tertiary alicyclic amines) is 1. The normalized spacial score (nSPS) is 16.1. The van der Waals surface area contributed by atoms with Crippen molar-refractivity contribution in [3.63, 3.8) is 0 Å². The highest BCUT2D eigenvalue weighted by Crippen LogP contribution is 2.42. The number of nitrogens with one attached hydrogen (secondary N) is 2. The topological polar surface area (TPSA) is 111 Å². The van der Waals surface area contributed by atoms with Gasteiger partial charge in [-0.2, -0.15) is 13.2 Å². The molecule has 0 spiro atoms. The number of piperidine rings is 1. The largest absolute Gasteiger partial charge is 0.453 e. The van der Waals surface area contributed by atoms with Crippen LogP contribution in [0, 0.1) is 0 Å². The molecule has 10 nitrogen and oxygen atoms in total. The fourth-order valence-electron chi connectivity index (χ4n) is 4.53. The summed E-state index contributed by atoms with van der Waals surface area (Å²) in [5.41, 5.74) is -0.759. The first kappa shape index (κ1) is 29.4. The van der Waals surface area contributed by atoms with Crippen molar-refractivity contribution in [2.45, 2.75) is 51.4 Å². The number of fused-ring (bicyclic) bond motifs is 1. The third-order valence-electron chi connectivity index (χ3n) is 6.26. The molecule has 0 bridgehead atoms. The van der Waals surface area contributed by atoms with Crippen LogP contribution in [-0.4, -0.2) is 63.5 Å². The number of carbonyl (C=O) groups excluding carboxylic acids is 2. The molecule has 1 fully saturated rings. The molecule has 3 aromatic rings. The summed E-state index contributed by atoms with van der Waals surface area (Å²) < 4.78 is 54.5. The van der Waals surface area contributed by atoms with Crippen molar-refractivity contribution in [1.29, 1.82) is 0 Å². The summed E-state index contributed by atoms with van der Waals surface area (Å²) in [6.07, 6.45) is -2.18. The van der Waals surface area contributed by atoms with Gasteiger partial charge in [0.2, 0.25) is 5.95 Å². The van der Waals surface area contributed by atoms with Gasteiger partial charge in [0, 0.05) is 49.5 Å². The van der Waals surface area contributed by atoms with E-state index in [1.807, 2.05) is 0 Å². The van der Waals surface area contributed by atoms with Crippen molar-refractivity contribution in [2.24, 2.45) is 7.05 Å². The van der Waals surface area contributed by atoms with Crippen LogP contribution < -0.4 is 10.6 Å². The third kappa shape index (κ3) is 6.43. The Morgan fingerprint density at radius 3 is 2.58 bits per heavy atom. The van der Waals surface area contributed by atoms with E-state index < -0.39 is 29.5 Å². The van der Waals surface area contributed by atoms with Crippen LogP contribution in [0.1, 0.15) is 39.2 Å². The van der Waals surface area contributed by atoms with Crippen molar-refractivity contribution >= 4 is 50.7 Å². The predicted molar refractivity (Wildman–Crippen MR) is 147 cm³/mol.